The fourth-order valence-electron chi connectivity index (χ4n) is 2.66. The minimum Gasteiger partial charge on any atom is -0.296 e. The van der Waals surface area contributed by atoms with Gasteiger partial charge in [0, 0.05) is 23.4 Å². The Balaban J connectivity index is 1.59. The number of carbonyl (C=O) groups is 2. The highest BCUT2D eigenvalue weighted by Gasteiger charge is 2.19. The third kappa shape index (κ3) is 3.76. The second-order valence-electron chi connectivity index (χ2n) is 5.98. The van der Waals surface area contributed by atoms with E-state index in [1.54, 1.807) is 5.38 Å². The first kappa shape index (κ1) is 18.2. The molecular formula is C21H15N3O2S2. The third-order valence-corrected chi connectivity index (χ3v) is 5.94. The minimum absolute atomic E-state index is 0.0862. The molecule has 0 unspecified atom stereocenters. The van der Waals surface area contributed by atoms with Gasteiger partial charge in [-0.25, -0.2) is 9.97 Å². The summed E-state index contributed by atoms with van der Waals surface area (Å²) in [5.41, 5.74) is 2.71. The molecule has 0 saturated carbocycles. The van der Waals surface area contributed by atoms with Gasteiger partial charge in [0.15, 0.2) is 10.9 Å². The first-order chi connectivity index (χ1) is 13.6. The average Bonchev–Trinajstić information content (AvgIpc) is 3.37. The molecule has 0 saturated heterocycles. The summed E-state index contributed by atoms with van der Waals surface area (Å²) in [5, 5.41) is 5.64. The molecule has 2 heterocycles. The zero-order valence-electron chi connectivity index (χ0n) is 14.9. The number of amides is 1. The molecule has 4 aromatic rings. The second-order valence-corrected chi connectivity index (χ2v) is 7.83. The summed E-state index contributed by atoms with van der Waals surface area (Å²) in [7, 11) is 0. The largest absolute Gasteiger partial charge is 0.296 e. The van der Waals surface area contributed by atoms with Crippen LogP contribution >= 0.6 is 22.7 Å². The number of hydrogen-bond donors (Lipinski definition) is 1. The second kappa shape index (κ2) is 7.84. The monoisotopic (exact) mass is 405 g/mol. The van der Waals surface area contributed by atoms with Crippen molar-refractivity contribution < 1.29 is 9.59 Å². The van der Waals surface area contributed by atoms with Gasteiger partial charge in [0.2, 0.25) is 0 Å². The van der Waals surface area contributed by atoms with Crippen LogP contribution in [0, 0.1) is 0 Å². The van der Waals surface area contributed by atoms with Gasteiger partial charge in [-0.1, -0.05) is 72.0 Å². The number of carbonyl (C=O) groups excluding carboxylic acids is 2. The predicted molar refractivity (Wildman–Crippen MR) is 113 cm³/mol. The zero-order chi connectivity index (χ0) is 19.5. The Bertz CT molecular complexity index is 1130. The van der Waals surface area contributed by atoms with Crippen molar-refractivity contribution in [3.05, 3.63) is 76.6 Å². The number of ketones is 1. The van der Waals surface area contributed by atoms with Gasteiger partial charge in [-0.05, 0) is 0 Å². The highest BCUT2D eigenvalue weighted by molar-refractivity contribution is 7.18. The molecule has 4 rings (SSSR count). The molecule has 2 aromatic carbocycles. The Morgan fingerprint density at radius 3 is 2.18 bits per heavy atom. The number of rotatable bonds is 5. The fraction of sp³-hybridized carbons (Fsp3) is 0.0476. The van der Waals surface area contributed by atoms with Gasteiger partial charge in [-0.3, -0.25) is 14.9 Å². The summed E-state index contributed by atoms with van der Waals surface area (Å²) < 4.78 is 0. The summed E-state index contributed by atoms with van der Waals surface area (Å²) in [6.07, 6.45) is 0. The number of thiazole rings is 2. The average molecular weight is 406 g/mol. The van der Waals surface area contributed by atoms with E-state index in [0.717, 1.165) is 16.1 Å². The van der Waals surface area contributed by atoms with Crippen LogP contribution < -0.4 is 5.32 Å². The molecule has 0 radical (unpaired) electrons. The summed E-state index contributed by atoms with van der Waals surface area (Å²) >= 11 is 2.58. The maximum Gasteiger partial charge on any atom is 0.276 e. The van der Waals surface area contributed by atoms with Crippen molar-refractivity contribution in [1.82, 2.24) is 9.97 Å². The molecule has 1 N–H and O–H groups in total. The number of nitrogens with zero attached hydrogens (tertiary/aromatic N) is 2. The van der Waals surface area contributed by atoms with Gasteiger partial charge in [0.1, 0.15) is 10.7 Å². The quantitative estimate of drug-likeness (QED) is 0.452. The Morgan fingerprint density at radius 1 is 0.893 bits per heavy atom. The molecule has 138 valence electrons. The lowest BCUT2D eigenvalue weighted by Crippen LogP contribution is -2.12. The van der Waals surface area contributed by atoms with Crippen LogP contribution in [0.15, 0.2) is 66.0 Å². The molecule has 0 fully saturated rings. The lowest BCUT2D eigenvalue weighted by molar-refractivity contribution is 0.101. The van der Waals surface area contributed by atoms with Crippen LogP contribution in [-0.2, 0) is 0 Å². The molecule has 0 aliphatic rings. The van der Waals surface area contributed by atoms with Crippen molar-refractivity contribution >= 4 is 39.5 Å². The molecule has 5 nitrogen and oxygen atoms in total. The molecule has 0 aliphatic carbocycles. The first-order valence-electron chi connectivity index (χ1n) is 8.51. The van der Waals surface area contributed by atoms with E-state index in [0.29, 0.717) is 21.4 Å². The van der Waals surface area contributed by atoms with E-state index in [1.165, 1.54) is 29.6 Å². The van der Waals surface area contributed by atoms with Crippen molar-refractivity contribution in [1.29, 1.82) is 0 Å². The molecule has 2 aromatic heterocycles. The van der Waals surface area contributed by atoms with Gasteiger partial charge in [0.05, 0.1) is 10.6 Å². The lowest BCUT2D eigenvalue weighted by Gasteiger charge is -1.99. The number of hydrogen-bond acceptors (Lipinski definition) is 6. The summed E-state index contributed by atoms with van der Waals surface area (Å²) in [6.45, 7) is 1.50. The highest BCUT2D eigenvalue weighted by Crippen LogP contribution is 2.32. The van der Waals surface area contributed by atoms with Crippen molar-refractivity contribution in [2.75, 3.05) is 5.32 Å². The van der Waals surface area contributed by atoms with Gasteiger partial charge >= 0.3 is 0 Å². The number of benzene rings is 2. The molecule has 0 atom stereocenters. The van der Waals surface area contributed by atoms with Crippen molar-refractivity contribution in [2.24, 2.45) is 0 Å². The van der Waals surface area contributed by atoms with Crippen LogP contribution in [0.3, 0.4) is 0 Å². The smallest absolute Gasteiger partial charge is 0.276 e. The topological polar surface area (TPSA) is 72.0 Å². The SMILES string of the molecule is CC(=O)c1sc(NC(=O)c2csc(-c3ccccc3)n2)nc1-c1ccccc1. The van der Waals surface area contributed by atoms with Gasteiger partial charge in [-0.15, -0.1) is 11.3 Å². The maximum atomic E-state index is 12.6. The van der Waals surface area contributed by atoms with E-state index in [2.05, 4.69) is 15.3 Å². The van der Waals surface area contributed by atoms with Crippen molar-refractivity contribution in [3.8, 4) is 21.8 Å². The van der Waals surface area contributed by atoms with Crippen molar-refractivity contribution in [2.45, 2.75) is 6.92 Å². The zero-order valence-corrected chi connectivity index (χ0v) is 16.5. The van der Waals surface area contributed by atoms with Crippen molar-refractivity contribution in [3.63, 3.8) is 0 Å². The molecule has 28 heavy (non-hydrogen) atoms. The van der Waals surface area contributed by atoms with Crippen LogP contribution in [0.25, 0.3) is 21.8 Å². The summed E-state index contributed by atoms with van der Waals surface area (Å²) in [5.74, 6) is -0.432. The van der Waals surface area contributed by atoms with Crippen LogP contribution in [0.2, 0.25) is 0 Å². The molecule has 0 bridgehead atoms. The van der Waals surface area contributed by atoms with E-state index in [4.69, 9.17) is 0 Å². The maximum absolute atomic E-state index is 12.6. The summed E-state index contributed by atoms with van der Waals surface area (Å²) in [4.78, 5) is 34.0. The molecular weight excluding hydrogens is 390 g/mol. The van der Waals surface area contributed by atoms with E-state index in [1.807, 2.05) is 60.7 Å². The normalized spacial score (nSPS) is 10.6. The van der Waals surface area contributed by atoms with E-state index < -0.39 is 0 Å². The van der Waals surface area contributed by atoms with Gasteiger partial charge < -0.3 is 0 Å². The molecule has 1 amide bonds. The number of Topliss-reactive ketones (excluding diaryl/α,β-unsaturated/α-hetero) is 1. The highest BCUT2D eigenvalue weighted by atomic mass is 32.1. The predicted octanol–water partition coefficient (Wildman–Crippen LogP) is 5.39. The Kier molecular flexibility index (Phi) is 5.10. The van der Waals surface area contributed by atoms with E-state index in [9.17, 15) is 9.59 Å². The fourth-order valence-corrected chi connectivity index (χ4v) is 4.34. The van der Waals surface area contributed by atoms with E-state index in [-0.39, 0.29) is 11.7 Å². The Labute approximate surface area is 169 Å². The standard InChI is InChI=1S/C21H15N3O2S2/c1-13(25)18-17(14-8-4-2-5-9-14)23-21(28-18)24-19(26)16-12-27-20(22-16)15-10-6-3-7-11-15/h2-12H,1H3,(H,23,24,26). The number of aromatic nitrogens is 2. The lowest BCUT2D eigenvalue weighted by atomic mass is 10.1. The minimum atomic E-state index is -0.345. The summed E-state index contributed by atoms with van der Waals surface area (Å²) in [6, 6.07) is 19.1. The molecule has 7 heteroatoms. The van der Waals surface area contributed by atoms with Gasteiger partial charge in [-0.2, -0.15) is 0 Å². The Hall–Kier alpha value is -3.16. The van der Waals surface area contributed by atoms with Crippen LogP contribution in [0.4, 0.5) is 5.13 Å². The number of nitrogens with one attached hydrogen (secondary N) is 1. The first-order valence-corrected chi connectivity index (χ1v) is 10.2. The molecule has 0 aliphatic heterocycles. The van der Waals surface area contributed by atoms with Crippen LogP contribution in [0.5, 0.6) is 0 Å². The van der Waals surface area contributed by atoms with E-state index >= 15 is 0 Å². The van der Waals surface area contributed by atoms with Crippen LogP contribution in [0.1, 0.15) is 27.1 Å². The van der Waals surface area contributed by atoms with Crippen LogP contribution in [-0.4, -0.2) is 21.7 Å². The van der Waals surface area contributed by atoms with Gasteiger partial charge in [0.25, 0.3) is 5.91 Å². The Morgan fingerprint density at radius 2 is 1.54 bits per heavy atom. The molecule has 0 spiro atoms. The third-order valence-electron chi connectivity index (χ3n) is 3.97. The number of anilines is 1.